The van der Waals surface area contributed by atoms with Gasteiger partial charge in [0.15, 0.2) is 4.34 Å². The highest BCUT2D eigenvalue weighted by Crippen LogP contribution is 2.32. The van der Waals surface area contributed by atoms with Gasteiger partial charge in [0, 0.05) is 23.0 Å². The Morgan fingerprint density at radius 1 is 1.35 bits per heavy atom. The summed E-state index contributed by atoms with van der Waals surface area (Å²) < 4.78 is 13.7. The second-order valence-corrected chi connectivity index (χ2v) is 8.26. The highest BCUT2D eigenvalue weighted by atomic mass is 32.2. The lowest BCUT2D eigenvalue weighted by atomic mass is 9.95. The number of thiazole rings is 1. The van der Waals surface area contributed by atoms with Gasteiger partial charge in [-0.25, -0.2) is 9.37 Å². The van der Waals surface area contributed by atoms with Crippen LogP contribution in [0.3, 0.4) is 0 Å². The number of hydrogen-bond donors (Lipinski definition) is 2. The van der Waals surface area contributed by atoms with E-state index in [0.29, 0.717) is 17.0 Å². The van der Waals surface area contributed by atoms with Crippen molar-refractivity contribution >= 4 is 29.0 Å². The van der Waals surface area contributed by atoms with Crippen molar-refractivity contribution in [3.63, 3.8) is 0 Å². The third-order valence-electron chi connectivity index (χ3n) is 4.34. The predicted octanol–water partition coefficient (Wildman–Crippen LogP) is 3.06. The van der Waals surface area contributed by atoms with E-state index in [4.69, 9.17) is 0 Å². The van der Waals surface area contributed by atoms with Gasteiger partial charge in [-0.15, -0.1) is 11.3 Å². The van der Waals surface area contributed by atoms with E-state index >= 15 is 0 Å². The van der Waals surface area contributed by atoms with Crippen LogP contribution in [0.1, 0.15) is 28.9 Å². The first kappa shape index (κ1) is 15.1. The molecule has 2 N–H and O–H groups in total. The van der Waals surface area contributed by atoms with E-state index in [9.17, 15) is 9.18 Å². The molecule has 2 saturated heterocycles. The molecule has 1 amide bonds. The maximum Gasteiger partial charge on any atom is 0.263 e. The molecule has 3 atom stereocenters. The van der Waals surface area contributed by atoms with Crippen molar-refractivity contribution < 1.29 is 9.18 Å². The number of carbonyl (C=O) groups excluding carboxylic acids is 1. The molecule has 0 unspecified atom stereocenters. The van der Waals surface area contributed by atoms with Crippen molar-refractivity contribution in [1.82, 2.24) is 15.6 Å². The first-order valence-electron chi connectivity index (χ1n) is 7.63. The molecule has 2 bridgehead atoms. The second-order valence-electron chi connectivity index (χ2n) is 5.91. The van der Waals surface area contributed by atoms with Crippen LogP contribution in [0.25, 0.3) is 0 Å². The lowest BCUT2D eigenvalue weighted by Crippen LogP contribution is -2.42. The Morgan fingerprint density at radius 2 is 2.17 bits per heavy atom. The molecule has 2 aliphatic heterocycles. The lowest BCUT2D eigenvalue weighted by Gasteiger charge is -2.20. The average molecular weight is 349 g/mol. The molecule has 0 aliphatic carbocycles. The molecule has 2 aromatic rings. The third kappa shape index (κ3) is 3.27. The molecule has 2 fully saturated rings. The normalized spacial score (nSPS) is 25.7. The highest BCUT2D eigenvalue weighted by molar-refractivity contribution is 8.01. The summed E-state index contributed by atoms with van der Waals surface area (Å²) in [4.78, 5) is 18.2. The molecule has 3 heterocycles. The fourth-order valence-electron chi connectivity index (χ4n) is 3.24. The minimum atomic E-state index is -0.256. The smallest absolute Gasteiger partial charge is 0.263 e. The highest BCUT2D eigenvalue weighted by Gasteiger charge is 2.39. The van der Waals surface area contributed by atoms with Crippen LogP contribution in [0.2, 0.25) is 0 Å². The quantitative estimate of drug-likeness (QED) is 0.891. The Morgan fingerprint density at radius 3 is 2.87 bits per heavy atom. The Balaban J connectivity index is 1.39. The molecule has 0 saturated carbocycles. The van der Waals surface area contributed by atoms with Crippen LogP contribution in [-0.2, 0) is 0 Å². The zero-order valence-electron chi connectivity index (χ0n) is 12.3. The summed E-state index contributed by atoms with van der Waals surface area (Å²) in [6.45, 7) is 0. The van der Waals surface area contributed by atoms with Gasteiger partial charge in [0.25, 0.3) is 5.91 Å². The summed E-state index contributed by atoms with van der Waals surface area (Å²) in [6, 6.07) is 7.49. The molecule has 0 spiro atoms. The van der Waals surface area contributed by atoms with Gasteiger partial charge >= 0.3 is 0 Å². The molecule has 23 heavy (non-hydrogen) atoms. The summed E-state index contributed by atoms with van der Waals surface area (Å²) in [6.07, 6.45) is 5.00. The lowest BCUT2D eigenvalue weighted by molar-refractivity contribution is 0.0935. The van der Waals surface area contributed by atoms with Gasteiger partial charge in [-0.3, -0.25) is 4.79 Å². The van der Waals surface area contributed by atoms with Gasteiger partial charge in [0.05, 0.1) is 6.20 Å². The van der Waals surface area contributed by atoms with Crippen LogP contribution in [0.5, 0.6) is 0 Å². The fraction of sp³-hybridized carbons (Fsp3) is 0.375. The van der Waals surface area contributed by atoms with Crippen molar-refractivity contribution in [2.75, 3.05) is 0 Å². The largest absolute Gasteiger partial charge is 0.347 e. The molecule has 4 nitrogen and oxygen atoms in total. The van der Waals surface area contributed by atoms with Crippen LogP contribution in [0.4, 0.5) is 4.39 Å². The Bertz CT molecular complexity index is 718. The van der Waals surface area contributed by atoms with Gasteiger partial charge in [0.2, 0.25) is 0 Å². The van der Waals surface area contributed by atoms with Gasteiger partial charge in [-0.2, -0.15) is 0 Å². The maximum atomic E-state index is 12.9. The maximum absolute atomic E-state index is 12.9. The minimum Gasteiger partial charge on any atom is -0.347 e. The second kappa shape index (κ2) is 6.22. The monoisotopic (exact) mass is 349 g/mol. The molecule has 1 aromatic carbocycles. The standard InChI is InChI=1S/C16H16FN3OS2/c17-9-1-4-11(5-2-9)22-16-18-8-14(23-16)15(21)20-13-7-10-3-6-12(13)19-10/h1-2,4-5,8,10,12-13,19H,3,6-7H2,(H,20,21)/t10-,12+,13-/m1/s1. The number of carbonyl (C=O) groups is 1. The van der Waals surface area contributed by atoms with Gasteiger partial charge in [-0.1, -0.05) is 11.8 Å². The molecule has 7 heteroatoms. The molecular weight excluding hydrogens is 333 g/mol. The van der Waals surface area contributed by atoms with E-state index < -0.39 is 0 Å². The number of rotatable bonds is 4. The van der Waals surface area contributed by atoms with Crippen LogP contribution in [0.15, 0.2) is 39.7 Å². The minimum absolute atomic E-state index is 0.0483. The molecular formula is C16H16FN3OS2. The summed E-state index contributed by atoms with van der Waals surface area (Å²) in [5.74, 6) is -0.305. The number of fused-ring (bicyclic) bond motifs is 2. The van der Waals surface area contributed by atoms with E-state index in [1.165, 1.54) is 41.7 Å². The number of nitrogens with one attached hydrogen (secondary N) is 2. The van der Waals surface area contributed by atoms with Crippen molar-refractivity contribution in [3.8, 4) is 0 Å². The van der Waals surface area contributed by atoms with Crippen molar-refractivity contribution in [3.05, 3.63) is 41.2 Å². The number of hydrogen-bond acceptors (Lipinski definition) is 5. The zero-order valence-corrected chi connectivity index (χ0v) is 13.9. The molecule has 4 rings (SSSR count). The number of halogens is 1. The number of aromatic nitrogens is 1. The summed E-state index contributed by atoms with van der Waals surface area (Å²) in [5.41, 5.74) is 0. The molecule has 1 aromatic heterocycles. The predicted molar refractivity (Wildman–Crippen MR) is 88.5 cm³/mol. The number of amides is 1. The number of benzene rings is 1. The summed E-state index contributed by atoms with van der Waals surface area (Å²) in [7, 11) is 0. The first-order chi connectivity index (χ1) is 11.2. The van der Waals surface area contributed by atoms with Crippen LogP contribution in [0, 0.1) is 5.82 Å². The Kier molecular flexibility index (Phi) is 4.09. The zero-order chi connectivity index (χ0) is 15.8. The third-order valence-corrected chi connectivity index (χ3v) is 6.42. The van der Waals surface area contributed by atoms with Crippen molar-refractivity contribution in [2.24, 2.45) is 0 Å². The van der Waals surface area contributed by atoms with E-state index in [1.54, 1.807) is 18.3 Å². The van der Waals surface area contributed by atoms with E-state index in [1.807, 2.05) is 0 Å². The van der Waals surface area contributed by atoms with Crippen LogP contribution < -0.4 is 10.6 Å². The van der Waals surface area contributed by atoms with E-state index in [-0.39, 0.29) is 17.8 Å². The van der Waals surface area contributed by atoms with E-state index in [2.05, 4.69) is 15.6 Å². The van der Waals surface area contributed by atoms with Crippen LogP contribution >= 0.6 is 23.1 Å². The van der Waals surface area contributed by atoms with Gasteiger partial charge < -0.3 is 10.6 Å². The van der Waals surface area contributed by atoms with Gasteiger partial charge in [0.1, 0.15) is 10.7 Å². The van der Waals surface area contributed by atoms with Gasteiger partial charge in [-0.05, 0) is 43.5 Å². The topological polar surface area (TPSA) is 54.0 Å². The van der Waals surface area contributed by atoms with E-state index in [0.717, 1.165) is 22.1 Å². The van der Waals surface area contributed by atoms with Crippen LogP contribution in [-0.4, -0.2) is 29.0 Å². The number of nitrogens with zero attached hydrogens (tertiary/aromatic N) is 1. The molecule has 0 radical (unpaired) electrons. The summed E-state index contributed by atoms with van der Waals surface area (Å²) >= 11 is 2.81. The molecule has 120 valence electrons. The summed E-state index contributed by atoms with van der Waals surface area (Å²) in [5, 5.41) is 6.64. The van der Waals surface area contributed by atoms with Crippen molar-refractivity contribution in [2.45, 2.75) is 46.6 Å². The molecule has 2 aliphatic rings. The fourth-order valence-corrected chi connectivity index (χ4v) is 5.09. The SMILES string of the molecule is O=C(N[C@@H]1C[C@H]2CC[C@@H]1N2)c1cnc(Sc2ccc(F)cc2)s1. The van der Waals surface area contributed by atoms with Crippen molar-refractivity contribution in [1.29, 1.82) is 0 Å². The Hall–Kier alpha value is -1.44. The Labute approximate surface area is 141 Å². The average Bonchev–Trinajstić information content (AvgIpc) is 3.26. The first-order valence-corrected chi connectivity index (χ1v) is 9.27.